The van der Waals surface area contributed by atoms with Gasteiger partial charge in [-0.25, -0.2) is 0 Å². The Kier molecular flexibility index (Phi) is 7.76. The van der Waals surface area contributed by atoms with Gasteiger partial charge in [-0.1, -0.05) is 6.58 Å². The van der Waals surface area contributed by atoms with Crippen molar-refractivity contribution in [3.63, 3.8) is 0 Å². The Bertz CT molecular complexity index is 424. The number of hydrogen-bond donors (Lipinski definition) is 5. The van der Waals surface area contributed by atoms with Crippen LogP contribution < -0.4 is 0 Å². The van der Waals surface area contributed by atoms with Crippen molar-refractivity contribution >= 4 is 11.8 Å². The number of aliphatic hydroxyl groups is 5. The number of carbonyl (C=O) groups excluding carboxylic acids is 2. The number of unbranched alkanes of at least 4 members (excludes halogenated alkanes) is 1. The van der Waals surface area contributed by atoms with Gasteiger partial charge in [-0.05, 0) is 12.8 Å². The first-order chi connectivity index (χ1) is 10.8. The van der Waals surface area contributed by atoms with Gasteiger partial charge < -0.3 is 35.0 Å². The van der Waals surface area contributed by atoms with Crippen LogP contribution in [0, 0.1) is 0 Å². The molecule has 1 saturated heterocycles. The first-order valence-corrected chi connectivity index (χ1v) is 7.18. The largest absolute Gasteiger partial charge is 0.435 e. The summed E-state index contributed by atoms with van der Waals surface area (Å²) in [6.45, 7) is 3.23. The molecule has 0 spiro atoms. The molecule has 0 aliphatic carbocycles. The van der Waals surface area contributed by atoms with E-state index in [1.165, 1.54) is 0 Å². The average molecular weight is 334 g/mol. The number of carbonyl (C=O) groups is 2. The van der Waals surface area contributed by atoms with Crippen LogP contribution in [0.3, 0.4) is 0 Å². The Morgan fingerprint density at radius 1 is 1.09 bits per heavy atom. The molecule has 0 bridgehead atoms. The van der Waals surface area contributed by atoms with E-state index in [4.69, 9.17) is 4.74 Å². The molecule has 23 heavy (non-hydrogen) atoms. The van der Waals surface area contributed by atoms with E-state index in [1.807, 2.05) is 0 Å². The fourth-order valence-electron chi connectivity index (χ4n) is 2.20. The third-order valence-corrected chi connectivity index (χ3v) is 3.54. The van der Waals surface area contributed by atoms with Gasteiger partial charge in [0.1, 0.15) is 30.5 Å². The first-order valence-electron chi connectivity index (χ1n) is 7.18. The summed E-state index contributed by atoms with van der Waals surface area (Å²) >= 11 is 0. The van der Waals surface area contributed by atoms with Crippen LogP contribution in [0.25, 0.3) is 0 Å². The van der Waals surface area contributed by atoms with E-state index >= 15 is 0 Å². The van der Waals surface area contributed by atoms with Gasteiger partial charge in [-0.3, -0.25) is 9.59 Å². The number of Topliss-reactive ketones (excluding diaryl/α,β-unsaturated/α-hetero) is 1. The van der Waals surface area contributed by atoms with E-state index in [2.05, 4.69) is 11.3 Å². The van der Waals surface area contributed by atoms with Crippen molar-refractivity contribution in [1.82, 2.24) is 0 Å². The summed E-state index contributed by atoms with van der Waals surface area (Å²) in [5, 5.41) is 47.8. The van der Waals surface area contributed by atoms with Crippen molar-refractivity contribution in [2.75, 3.05) is 0 Å². The number of rotatable bonds is 8. The second-order valence-corrected chi connectivity index (χ2v) is 5.24. The van der Waals surface area contributed by atoms with Gasteiger partial charge in [0.2, 0.25) is 0 Å². The van der Waals surface area contributed by atoms with E-state index in [-0.39, 0.29) is 12.8 Å². The predicted molar refractivity (Wildman–Crippen MR) is 74.7 cm³/mol. The molecule has 0 saturated carbocycles. The van der Waals surface area contributed by atoms with Crippen LogP contribution in [0.1, 0.15) is 25.7 Å². The Labute approximate surface area is 132 Å². The zero-order valence-electron chi connectivity index (χ0n) is 12.4. The normalized spacial score (nSPS) is 32.1. The van der Waals surface area contributed by atoms with E-state index in [0.717, 1.165) is 6.26 Å². The first kappa shape index (κ1) is 19.7. The molecule has 9 nitrogen and oxygen atoms in total. The smallest absolute Gasteiger partial charge is 0.310 e. The summed E-state index contributed by atoms with van der Waals surface area (Å²) in [7, 11) is 0. The summed E-state index contributed by atoms with van der Waals surface area (Å²) < 4.78 is 9.28. The van der Waals surface area contributed by atoms with Gasteiger partial charge >= 0.3 is 5.97 Å². The van der Waals surface area contributed by atoms with Crippen molar-refractivity contribution in [2.45, 2.75) is 62.5 Å². The molecule has 6 atom stereocenters. The molecule has 1 rings (SSSR count). The molecule has 0 radical (unpaired) electrons. The zero-order valence-corrected chi connectivity index (χ0v) is 12.4. The van der Waals surface area contributed by atoms with Crippen molar-refractivity contribution in [1.29, 1.82) is 0 Å². The average Bonchev–Trinajstić information content (AvgIpc) is 2.52. The summed E-state index contributed by atoms with van der Waals surface area (Å²) in [6.07, 6.45) is -8.73. The molecule has 5 N–H and O–H groups in total. The molecule has 0 aromatic carbocycles. The highest BCUT2D eigenvalue weighted by Crippen LogP contribution is 2.23. The van der Waals surface area contributed by atoms with Gasteiger partial charge in [0.25, 0.3) is 0 Å². The lowest BCUT2D eigenvalue weighted by Crippen LogP contribution is -2.61. The van der Waals surface area contributed by atoms with Crippen molar-refractivity contribution in [3.05, 3.63) is 12.8 Å². The van der Waals surface area contributed by atoms with E-state index in [1.54, 1.807) is 0 Å². The summed E-state index contributed by atoms with van der Waals surface area (Å²) in [4.78, 5) is 22.9. The molecular formula is C14H22O9. The van der Waals surface area contributed by atoms with Gasteiger partial charge in [0.15, 0.2) is 12.1 Å². The molecule has 1 aliphatic heterocycles. The predicted octanol–water partition coefficient (Wildman–Crippen LogP) is -2.04. The highest BCUT2D eigenvalue weighted by atomic mass is 16.6. The summed E-state index contributed by atoms with van der Waals surface area (Å²) in [6, 6.07) is 0. The molecule has 0 aromatic rings. The lowest BCUT2D eigenvalue weighted by Gasteiger charge is -2.39. The lowest BCUT2D eigenvalue weighted by molar-refractivity contribution is -0.294. The van der Waals surface area contributed by atoms with E-state index in [0.29, 0.717) is 12.8 Å². The van der Waals surface area contributed by atoms with Crippen LogP contribution in [0.4, 0.5) is 0 Å². The number of hydrogen-bond acceptors (Lipinski definition) is 9. The minimum atomic E-state index is -1.82. The molecule has 0 aromatic heterocycles. The minimum absolute atomic E-state index is 0.0849. The Morgan fingerprint density at radius 3 is 2.30 bits per heavy atom. The molecule has 9 heteroatoms. The summed E-state index contributed by atoms with van der Waals surface area (Å²) in [5.41, 5.74) is 0. The highest BCUT2D eigenvalue weighted by Gasteiger charge is 2.47. The number of ketones is 1. The SMILES string of the molecule is C=COC(=O)CCCCC(=O)C(O)[C@H]1OC(O)[C@H](O)[C@@H](O)[C@@H]1O. The Morgan fingerprint density at radius 2 is 1.70 bits per heavy atom. The molecule has 0 amide bonds. The fraction of sp³-hybridized carbons (Fsp3) is 0.714. The Hall–Kier alpha value is -1.36. The quantitative estimate of drug-likeness (QED) is 0.192. The third-order valence-electron chi connectivity index (χ3n) is 3.54. The maximum Gasteiger partial charge on any atom is 0.310 e. The van der Waals surface area contributed by atoms with Gasteiger partial charge in [0.05, 0.1) is 6.26 Å². The maximum absolute atomic E-state index is 11.9. The monoisotopic (exact) mass is 334 g/mol. The van der Waals surface area contributed by atoms with Crippen LogP contribution >= 0.6 is 0 Å². The third kappa shape index (κ3) is 5.34. The maximum atomic E-state index is 11.9. The topological polar surface area (TPSA) is 154 Å². The lowest BCUT2D eigenvalue weighted by atomic mass is 9.92. The number of ether oxygens (including phenoxy) is 2. The zero-order chi connectivity index (χ0) is 17.6. The highest BCUT2D eigenvalue weighted by molar-refractivity contribution is 5.83. The standard InChI is InChI=1S/C14H22O9/c1-2-22-8(16)6-4-3-5-7(15)9(17)13-11(19)10(18)12(20)14(21)23-13/h2,9-14,17-21H,1,3-6H2/t9?,10-,11-,12+,13+,14?/m0/s1. The van der Waals surface area contributed by atoms with Gasteiger partial charge in [-0.2, -0.15) is 0 Å². The number of esters is 1. The molecule has 1 heterocycles. The fourth-order valence-corrected chi connectivity index (χ4v) is 2.20. The van der Waals surface area contributed by atoms with E-state index < -0.39 is 48.6 Å². The molecule has 132 valence electrons. The van der Waals surface area contributed by atoms with Gasteiger partial charge in [0, 0.05) is 12.8 Å². The molecule has 1 fully saturated rings. The van der Waals surface area contributed by atoms with Crippen LogP contribution in [0.2, 0.25) is 0 Å². The van der Waals surface area contributed by atoms with Crippen LogP contribution in [-0.2, 0) is 19.1 Å². The van der Waals surface area contributed by atoms with Crippen molar-refractivity contribution in [3.8, 4) is 0 Å². The van der Waals surface area contributed by atoms with Gasteiger partial charge in [-0.15, -0.1) is 0 Å². The summed E-state index contributed by atoms with van der Waals surface area (Å²) in [5.74, 6) is -1.17. The van der Waals surface area contributed by atoms with Crippen LogP contribution in [-0.4, -0.2) is 74.1 Å². The van der Waals surface area contributed by atoms with E-state index in [9.17, 15) is 35.1 Å². The molecule has 2 unspecified atom stereocenters. The number of aliphatic hydroxyl groups excluding tert-OH is 5. The van der Waals surface area contributed by atoms with Crippen molar-refractivity contribution < 1.29 is 44.6 Å². The second kappa shape index (κ2) is 9.06. The minimum Gasteiger partial charge on any atom is -0.435 e. The Balaban J connectivity index is 2.43. The molecular weight excluding hydrogens is 312 g/mol. The van der Waals surface area contributed by atoms with Crippen molar-refractivity contribution in [2.24, 2.45) is 0 Å². The second-order valence-electron chi connectivity index (χ2n) is 5.24. The molecule has 1 aliphatic rings. The van der Waals surface area contributed by atoms with Crippen LogP contribution in [0.15, 0.2) is 12.8 Å². The van der Waals surface area contributed by atoms with Crippen LogP contribution in [0.5, 0.6) is 0 Å².